The number of H-pyrrole nitrogens is 1. The zero-order chi connectivity index (χ0) is 14.9. The van der Waals surface area contributed by atoms with Gasteiger partial charge in [0.05, 0.1) is 24.9 Å². The lowest BCUT2D eigenvalue weighted by Crippen LogP contribution is -3.12. The van der Waals surface area contributed by atoms with Gasteiger partial charge in [0, 0.05) is 10.9 Å². The van der Waals surface area contributed by atoms with E-state index < -0.39 is 0 Å². The van der Waals surface area contributed by atoms with Crippen molar-refractivity contribution in [2.45, 2.75) is 6.54 Å². The first kappa shape index (κ1) is 13.7. The lowest BCUT2D eigenvalue weighted by Gasteiger charge is -2.23. The van der Waals surface area contributed by atoms with Gasteiger partial charge in [-0.05, 0) is 12.1 Å². The van der Waals surface area contributed by atoms with Gasteiger partial charge in [-0.25, -0.2) is 4.98 Å². The molecule has 1 fully saturated rings. The van der Waals surface area contributed by atoms with Gasteiger partial charge in [-0.2, -0.15) is 0 Å². The molecule has 0 spiro atoms. The maximum atomic E-state index is 12.5. The quantitative estimate of drug-likeness (QED) is 0.744. The van der Waals surface area contributed by atoms with Crippen molar-refractivity contribution >= 4 is 21.6 Å². The molecule has 1 aliphatic heterocycles. The summed E-state index contributed by atoms with van der Waals surface area (Å²) in [7, 11) is 0. The molecule has 22 heavy (non-hydrogen) atoms. The van der Waals surface area contributed by atoms with Gasteiger partial charge in [0.25, 0.3) is 5.56 Å². The Bertz CT molecular complexity index is 831. The van der Waals surface area contributed by atoms with E-state index in [-0.39, 0.29) is 5.56 Å². The molecular weight excluding hydrogens is 302 g/mol. The molecule has 1 saturated heterocycles. The number of aromatic nitrogens is 2. The van der Waals surface area contributed by atoms with E-state index in [4.69, 9.17) is 9.15 Å². The molecule has 7 heteroatoms. The summed E-state index contributed by atoms with van der Waals surface area (Å²) in [6.45, 7) is 4.16. The summed E-state index contributed by atoms with van der Waals surface area (Å²) in [5.74, 6) is 1.44. The van der Waals surface area contributed by atoms with E-state index in [0.717, 1.165) is 49.1 Å². The summed E-state index contributed by atoms with van der Waals surface area (Å²) in [5, 5.41) is 2.54. The van der Waals surface area contributed by atoms with Crippen LogP contribution in [0.3, 0.4) is 0 Å². The van der Waals surface area contributed by atoms with Gasteiger partial charge in [-0.15, -0.1) is 11.3 Å². The van der Waals surface area contributed by atoms with E-state index in [1.165, 1.54) is 16.2 Å². The highest BCUT2D eigenvalue weighted by Gasteiger charge is 2.18. The molecule has 0 saturated carbocycles. The molecule has 114 valence electrons. The van der Waals surface area contributed by atoms with Crippen LogP contribution in [-0.4, -0.2) is 36.3 Å². The number of hydrogen-bond acceptors (Lipinski definition) is 5. The van der Waals surface area contributed by atoms with Crippen molar-refractivity contribution in [1.82, 2.24) is 9.97 Å². The SMILES string of the molecule is O=c1[nH]c(C[NH+]2CCOCC2)nc2scc(-c3ccco3)c12. The van der Waals surface area contributed by atoms with Crippen LogP contribution in [0, 0.1) is 0 Å². The third-order valence-electron chi connectivity index (χ3n) is 3.90. The van der Waals surface area contributed by atoms with Crippen molar-refractivity contribution in [3.8, 4) is 11.3 Å². The number of fused-ring (bicyclic) bond motifs is 1. The van der Waals surface area contributed by atoms with Gasteiger partial charge in [-0.3, -0.25) is 4.79 Å². The Balaban J connectivity index is 1.70. The number of thiophene rings is 1. The lowest BCUT2D eigenvalue weighted by atomic mass is 10.2. The Morgan fingerprint density at radius 1 is 1.36 bits per heavy atom. The molecule has 0 bridgehead atoms. The van der Waals surface area contributed by atoms with Crippen molar-refractivity contribution in [3.63, 3.8) is 0 Å². The first-order valence-electron chi connectivity index (χ1n) is 7.27. The number of aromatic amines is 1. The highest BCUT2D eigenvalue weighted by Crippen LogP contribution is 2.30. The molecule has 3 aromatic rings. The van der Waals surface area contributed by atoms with Crippen LogP contribution in [0.15, 0.2) is 33.0 Å². The largest absolute Gasteiger partial charge is 0.464 e. The summed E-state index contributed by atoms with van der Waals surface area (Å²) in [6.07, 6.45) is 1.61. The second kappa shape index (κ2) is 5.68. The van der Waals surface area contributed by atoms with E-state index in [1.54, 1.807) is 6.26 Å². The molecule has 4 heterocycles. The van der Waals surface area contributed by atoms with Crippen molar-refractivity contribution in [2.24, 2.45) is 0 Å². The van der Waals surface area contributed by atoms with E-state index in [0.29, 0.717) is 11.1 Å². The van der Waals surface area contributed by atoms with E-state index in [2.05, 4.69) is 9.97 Å². The van der Waals surface area contributed by atoms with Crippen LogP contribution in [0.1, 0.15) is 5.82 Å². The third kappa shape index (κ3) is 2.47. The van der Waals surface area contributed by atoms with Crippen LogP contribution in [0.25, 0.3) is 21.5 Å². The van der Waals surface area contributed by atoms with E-state index >= 15 is 0 Å². The number of furan rings is 1. The van der Waals surface area contributed by atoms with E-state index in [9.17, 15) is 4.79 Å². The topological polar surface area (TPSA) is 72.6 Å². The van der Waals surface area contributed by atoms with Gasteiger partial charge < -0.3 is 19.0 Å². The number of rotatable bonds is 3. The van der Waals surface area contributed by atoms with Gasteiger partial charge in [0.1, 0.15) is 30.2 Å². The van der Waals surface area contributed by atoms with Crippen LogP contribution in [0.4, 0.5) is 0 Å². The van der Waals surface area contributed by atoms with Gasteiger partial charge >= 0.3 is 0 Å². The fourth-order valence-corrected chi connectivity index (χ4v) is 3.71. The average molecular weight is 318 g/mol. The van der Waals surface area contributed by atoms with Gasteiger partial charge in [-0.1, -0.05) is 0 Å². The first-order valence-corrected chi connectivity index (χ1v) is 8.15. The fourth-order valence-electron chi connectivity index (χ4n) is 2.76. The maximum absolute atomic E-state index is 12.5. The van der Waals surface area contributed by atoms with Crippen LogP contribution < -0.4 is 10.5 Å². The second-order valence-corrected chi connectivity index (χ2v) is 6.22. The minimum Gasteiger partial charge on any atom is -0.464 e. The summed E-state index contributed by atoms with van der Waals surface area (Å²) in [6, 6.07) is 3.67. The van der Waals surface area contributed by atoms with Crippen LogP contribution in [0.2, 0.25) is 0 Å². The lowest BCUT2D eigenvalue weighted by molar-refractivity contribution is -0.922. The summed E-state index contributed by atoms with van der Waals surface area (Å²) in [5.41, 5.74) is 0.712. The number of hydrogen-bond donors (Lipinski definition) is 2. The minimum atomic E-state index is -0.0969. The molecular formula is C15H16N3O3S+. The second-order valence-electron chi connectivity index (χ2n) is 5.36. The monoisotopic (exact) mass is 318 g/mol. The minimum absolute atomic E-state index is 0.0969. The number of nitrogens with one attached hydrogen (secondary N) is 2. The third-order valence-corrected chi connectivity index (χ3v) is 4.77. The summed E-state index contributed by atoms with van der Waals surface area (Å²) < 4.78 is 10.8. The Labute approximate surface area is 130 Å². The summed E-state index contributed by atoms with van der Waals surface area (Å²) in [4.78, 5) is 22.1. The zero-order valence-electron chi connectivity index (χ0n) is 11.9. The average Bonchev–Trinajstić information content (AvgIpc) is 3.16. The van der Waals surface area contributed by atoms with Crippen molar-refractivity contribution in [1.29, 1.82) is 0 Å². The number of morpholine rings is 1. The van der Waals surface area contributed by atoms with Crippen molar-refractivity contribution in [2.75, 3.05) is 26.3 Å². The Hall–Kier alpha value is -1.96. The Kier molecular flexibility index (Phi) is 3.53. The Morgan fingerprint density at radius 2 is 2.23 bits per heavy atom. The Morgan fingerprint density at radius 3 is 3.00 bits per heavy atom. The smallest absolute Gasteiger partial charge is 0.260 e. The first-order chi connectivity index (χ1) is 10.8. The molecule has 0 atom stereocenters. The summed E-state index contributed by atoms with van der Waals surface area (Å²) >= 11 is 1.48. The molecule has 4 rings (SSSR count). The van der Waals surface area contributed by atoms with Crippen molar-refractivity contribution < 1.29 is 14.1 Å². The number of nitrogens with zero attached hydrogens (tertiary/aromatic N) is 1. The molecule has 3 aromatic heterocycles. The normalized spacial score (nSPS) is 16.4. The predicted octanol–water partition coefficient (Wildman–Crippen LogP) is 0.660. The predicted molar refractivity (Wildman–Crippen MR) is 83.2 cm³/mol. The van der Waals surface area contributed by atoms with Crippen LogP contribution in [0.5, 0.6) is 0 Å². The number of ether oxygens (including phenoxy) is 1. The number of quaternary nitrogens is 1. The van der Waals surface area contributed by atoms with Gasteiger partial charge in [0.15, 0.2) is 5.82 Å². The highest BCUT2D eigenvalue weighted by atomic mass is 32.1. The van der Waals surface area contributed by atoms with Gasteiger partial charge in [0.2, 0.25) is 0 Å². The molecule has 0 radical (unpaired) electrons. The molecule has 0 amide bonds. The molecule has 6 nitrogen and oxygen atoms in total. The molecule has 0 aliphatic carbocycles. The highest BCUT2D eigenvalue weighted by molar-refractivity contribution is 7.17. The fraction of sp³-hybridized carbons (Fsp3) is 0.333. The molecule has 1 aliphatic rings. The van der Waals surface area contributed by atoms with Crippen LogP contribution in [-0.2, 0) is 11.3 Å². The maximum Gasteiger partial charge on any atom is 0.260 e. The van der Waals surface area contributed by atoms with Crippen LogP contribution >= 0.6 is 11.3 Å². The zero-order valence-corrected chi connectivity index (χ0v) is 12.7. The van der Waals surface area contributed by atoms with Crippen molar-refractivity contribution in [3.05, 3.63) is 40.0 Å². The standard InChI is InChI=1S/C15H15N3O3S/c19-14-13-10(11-2-1-5-21-11)9-22-15(13)17-12(16-14)8-18-3-6-20-7-4-18/h1-2,5,9H,3-4,6-8H2,(H,16,17,19)/p+1. The molecule has 2 N–H and O–H groups in total. The van der Waals surface area contributed by atoms with E-state index in [1.807, 2.05) is 17.5 Å². The molecule has 0 aromatic carbocycles. The molecule has 0 unspecified atom stereocenters.